The Morgan fingerprint density at radius 3 is 2.62 bits per heavy atom. The van der Waals surface area contributed by atoms with Crippen LogP contribution in [0.2, 0.25) is 0 Å². The van der Waals surface area contributed by atoms with E-state index in [0.717, 1.165) is 18.9 Å². The van der Waals surface area contributed by atoms with Crippen molar-refractivity contribution in [2.24, 2.45) is 11.3 Å². The summed E-state index contributed by atoms with van der Waals surface area (Å²) in [5.74, 6) is 0.914. The van der Waals surface area contributed by atoms with Crippen molar-refractivity contribution in [2.75, 3.05) is 13.2 Å². The Morgan fingerprint density at radius 2 is 1.94 bits per heavy atom. The summed E-state index contributed by atoms with van der Waals surface area (Å²) in [5, 5.41) is 12.7. The van der Waals surface area contributed by atoms with Gasteiger partial charge in [0.15, 0.2) is 0 Å². The van der Waals surface area contributed by atoms with E-state index in [9.17, 15) is 0 Å². The molecule has 0 aromatic rings. The van der Waals surface area contributed by atoms with Gasteiger partial charge in [0.1, 0.15) is 0 Å². The standard InChI is InChI=1S/C14H29NO/c1-12-5-4-6-13(8-7-12)15-11-14(2,3)9-10-16/h12-13,15-16H,4-11H2,1-3H3. The summed E-state index contributed by atoms with van der Waals surface area (Å²) >= 11 is 0. The van der Waals surface area contributed by atoms with Gasteiger partial charge in [0, 0.05) is 19.2 Å². The van der Waals surface area contributed by atoms with Gasteiger partial charge in [0.05, 0.1) is 0 Å². The van der Waals surface area contributed by atoms with E-state index in [1.165, 1.54) is 32.1 Å². The van der Waals surface area contributed by atoms with E-state index in [2.05, 4.69) is 26.1 Å². The minimum atomic E-state index is 0.229. The van der Waals surface area contributed by atoms with Gasteiger partial charge < -0.3 is 10.4 Å². The molecule has 0 aromatic carbocycles. The molecule has 1 aliphatic carbocycles. The van der Waals surface area contributed by atoms with E-state index in [4.69, 9.17) is 5.11 Å². The van der Waals surface area contributed by atoms with Gasteiger partial charge in [-0.2, -0.15) is 0 Å². The highest BCUT2D eigenvalue weighted by Crippen LogP contribution is 2.24. The minimum Gasteiger partial charge on any atom is -0.396 e. The Balaban J connectivity index is 2.26. The van der Waals surface area contributed by atoms with Gasteiger partial charge in [-0.3, -0.25) is 0 Å². The molecule has 0 aliphatic heterocycles. The van der Waals surface area contributed by atoms with Gasteiger partial charge in [-0.05, 0) is 37.0 Å². The summed E-state index contributed by atoms with van der Waals surface area (Å²) in [6.45, 7) is 8.17. The van der Waals surface area contributed by atoms with Gasteiger partial charge in [-0.15, -0.1) is 0 Å². The van der Waals surface area contributed by atoms with Crippen molar-refractivity contribution < 1.29 is 5.11 Å². The lowest BCUT2D eigenvalue weighted by Gasteiger charge is -2.27. The zero-order valence-electron chi connectivity index (χ0n) is 11.3. The number of hydrogen-bond acceptors (Lipinski definition) is 2. The van der Waals surface area contributed by atoms with E-state index >= 15 is 0 Å². The molecule has 16 heavy (non-hydrogen) atoms. The number of nitrogens with one attached hydrogen (secondary N) is 1. The Bertz CT molecular complexity index is 191. The first-order valence-electron chi connectivity index (χ1n) is 6.88. The van der Waals surface area contributed by atoms with Gasteiger partial charge in [-0.25, -0.2) is 0 Å². The van der Waals surface area contributed by atoms with Gasteiger partial charge >= 0.3 is 0 Å². The molecule has 2 nitrogen and oxygen atoms in total. The molecule has 1 aliphatic rings. The first kappa shape index (κ1) is 14.0. The second kappa shape index (κ2) is 6.61. The first-order valence-corrected chi connectivity index (χ1v) is 6.88. The minimum absolute atomic E-state index is 0.229. The third-order valence-corrected chi connectivity index (χ3v) is 3.92. The van der Waals surface area contributed by atoms with Crippen LogP contribution in [-0.2, 0) is 0 Å². The van der Waals surface area contributed by atoms with E-state index < -0.39 is 0 Å². The van der Waals surface area contributed by atoms with Crippen LogP contribution in [0.3, 0.4) is 0 Å². The third-order valence-electron chi connectivity index (χ3n) is 3.92. The predicted octanol–water partition coefficient (Wildman–Crippen LogP) is 2.95. The molecule has 2 N–H and O–H groups in total. The monoisotopic (exact) mass is 227 g/mol. The smallest absolute Gasteiger partial charge is 0.0436 e. The maximum absolute atomic E-state index is 8.99. The van der Waals surface area contributed by atoms with Crippen LogP contribution in [0.25, 0.3) is 0 Å². The van der Waals surface area contributed by atoms with Crippen LogP contribution in [-0.4, -0.2) is 24.3 Å². The van der Waals surface area contributed by atoms with Gasteiger partial charge in [0.2, 0.25) is 0 Å². The Morgan fingerprint density at radius 1 is 1.19 bits per heavy atom. The van der Waals surface area contributed by atoms with Crippen molar-refractivity contribution in [1.29, 1.82) is 0 Å². The SMILES string of the molecule is CC1CCCC(NCC(C)(C)CCO)CC1. The molecule has 0 amide bonds. The van der Waals surface area contributed by atoms with Crippen molar-refractivity contribution in [2.45, 2.75) is 65.3 Å². The second-order valence-electron chi connectivity index (χ2n) is 6.33. The second-order valence-corrected chi connectivity index (χ2v) is 6.33. The number of hydrogen-bond donors (Lipinski definition) is 2. The van der Waals surface area contributed by atoms with Gasteiger partial charge in [0.25, 0.3) is 0 Å². The molecule has 0 aromatic heterocycles. The molecule has 2 unspecified atom stereocenters. The maximum atomic E-state index is 8.99. The lowest BCUT2D eigenvalue weighted by atomic mass is 9.89. The van der Waals surface area contributed by atoms with E-state index in [0.29, 0.717) is 12.6 Å². The highest BCUT2D eigenvalue weighted by atomic mass is 16.3. The average Bonchev–Trinajstić information content (AvgIpc) is 2.40. The predicted molar refractivity (Wildman–Crippen MR) is 69.5 cm³/mol. The van der Waals surface area contributed by atoms with Gasteiger partial charge in [-0.1, -0.05) is 33.6 Å². The largest absolute Gasteiger partial charge is 0.396 e. The highest BCUT2D eigenvalue weighted by molar-refractivity contribution is 4.78. The Hall–Kier alpha value is -0.0800. The van der Waals surface area contributed by atoms with Crippen molar-refractivity contribution >= 4 is 0 Å². The average molecular weight is 227 g/mol. The number of aliphatic hydroxyl groups is 1. The molecule has 1 fully saturated rings. The van der Waals surface area contributed by atoms with Crippen LogP contribution < -0.4 is 5.32 Å². The molecule has 0 saturated heterocycles. The molecular weight excluding hydrogens is 198 g/mol. The maximum Gasteiger partial charge on any atom is 0.0436 e. The van der Waals surface area contributed by atoms with Crippen molar-refractivity contribution in [3.63, 3.8) is 0 Å². The lowest BCUT2D eigenvalue weighted by molar-refractivity contribution is 0.201. The molecule has 0 bridgehead atoms. The summed E-state index contributed by atoms with van der Waals surface area (Å²) < 4.78 is 0. The van der Waals surface area contributed by atoms with Crippen molar-refractivity contribution in [3.05, 3.63) is 0 Å². The summed E-state index contributed by atoms with van der Waals surface area (Å²) in [4.78, 5) is 0. The zero-order chi connectivity index (χ0) is 12.0. The molecule has 0 spiro atoms. The van der Waals surface area contributed by atoms with Crippen LogP contribution in [0.5, 0.6) is 0 Å². The van der Waals surface area contributed by atoms with E-state index in [1.807, 2.05) is 0 Å². The van der Waals surface area contributed by atoms with Crippen molar-refractivity contribution in [1.82, 2.24) is 5.32 Å². The summed E-state index contributed by atoms with van der Waals surface area (Å²) in [7, 11) is 0. The van der Waals surface area contributed by atoms with Crippen molar-refractivity contribution in [3.8, 4) is 0 Å². The fourth-order valence-corrected chi connectivity index (χ4v) is 2.50. The van der Waals surface area contributed by atoms with Crippen LogP contribution in [0.4, 0.5) is 0 Å². The fraction of sp³-hybridized carbons (Fsp3) is 1.00. The Labute approximate surface area is 101 Å². The van der Waals surface area contributed by atoms with Crippen LogP contribution in [0, 0.1) is 11.3 Å². The number of aliphatic hydroxyl groups excluding tert-OH is 1. The third kappa shape index (κ3) is 5.31. The molecule has 96 valence electrons. The molecule has 1 rings (SSSR count). The molecule has 0 heterocycles. The molecule has 1 saturated carbocycles. The van der Waals surface area contributed by atoms with Crippen LogP contribution in [0.1, 0.15) is 59.3 Å². The number of rotatable bonds is 5. The molecule has 2 heteroatoms. The summed E-state index contributed by atoms with van der Waals surface area (Å²) in [5.41, 5.74) is 0.229. The summed E-state index contributed by atoms with van der Waals surface area (Å²) in [6.07, 6.45) is 7.70. The normalized spacial score (nSPS) is 27.8. The first-order chi connectivity index (χ1) is 7.53. The highest BCUT2D eigenvalue weighted by Gasteiger charge is 2.20. The lowest BCUT2D eigenvalue weighted by Crippen LogP contribution is -2.37. The van der Waals surface area contributed by atoms with Crippen LogP contribution in [0.15, 0.2) is 0 Å². The topological polar surface area (TPSA) is 32.3 Å². The Kier molecular flexibility index (Phi) is 5.77. The van der Waals surface area contributed by atoms with E-state index in [-0.39, 0.29) is 5.41 Å². The van der Waals surface area contributed by atoms with Crippen LogP contribution >= 0.6 is 0 Å². The zero-order valence-corrected chi connectivity index (χ0v) is 11.3. The van der Waals surface area contributed by atoms with E-state index in [1.54, 1.807) is 0 Å². The quantitative estimate of drug-likeness (QED) is 0.708. The molecular formula is C14H29NO. The summed E-state index contributed by atoms with van der Waals surface area (Å²) in [6, 6.07) is 0.711. The fourth-order valence-electron chi connectivity index (χ4n) is 2.50. The molecule has 0 radical (unpaired) electrons. The molecule has 2 atom stereocenters.